The van der Waals surface area contributed by atoms with E-state index in [-0.39, 0.29) is 22.9 Å². The lowest BCUT2D eigenvalue weighted by molar-refractivity contribution is 0.281. The van der Waals surface area contributed by atoms with Crippen molar-refractivity contribution < 1.29 is 13.5 Å². The first-order valence-corrected chi connectivity index (χ1v) is 8.63. The third kappa shape index (κ3) is 3.55. The Morgan fingerprint density at radius 3 is 2.70 bits per heavy atom. The highest BCUT2D eigenvalue weighted by Gasteiger charge is 2.17. The van der Waals surface area contributed by atoms with Crippen LogP contribution in [-0.4, -0.2) is 18.5 Å². The zero-order valence-corrected chi connectivity index (χ0v) is 13.3. The molecule has 9 heteroatoms. The van der Waals surface area contributed by atoms with Crippen LogP contribution in [0.15, 0.2) is 37.7 Å². The fourth-order valence-electron chi connectivity index (χ4n) is 1.51. The molecule has 2 rings (SSSR count). The van der Waals surface area contributed by atoms with Gasteiger partial charge in [-0.15, -0.1) is 0 Å². The average molecular weight is 379 g/mol. The summed E-state index contributed by atoms with van der Waals surface area (Å²) in [6.07, 6.45) is 0. The van der Waals surface area contributed by atoms with Gasteiger partial charge < -0.3 is 10.1 Å². The van der Waals surface area contributed by atoms with Crippen LogP contribution in [-0.2, 0) is 23.2 Å². The highest BCUT2D eigenvalue weighted by atomic mass is 79.9. The number of H-pyrrole nitrogens is 1. The first-order valence-electron chi connectivity index (χ1n) is 5.48. The van der Waals surface area contributed by atoms with Crippen LogP contribution in [0, 0.1) is 0 Å². The summed E-state index contributed by atoms with van der Waals surface area (Å²) in [7, 11) is -3.70. The summed E-state index contributed by atoms with van der Waals surface area (Å²) in [6, 6.07) is 4.49. The predicted octanol–water partition coefficient (Wildman–Crippen LogP) is 1.17. The lowest BCUT2D eigenvalue weighted by atomic mass is 10.2. The van der Waals surface area contributed by atoms with Gasteiger partial charge in [0.15, 0.2) is 0 Å². The van der Waals surface area contributed by atoms with Crippen molar-refractivity contribution in [2.75, 3.05) is 0 Å². The summed E-state index contributed by atoms with van der Waals surface area (Å²) < 4.78 is 27.1. The number of benzene rings is 1. The van der Waals surface area contributed by atoms with Crippen LogP contribution < -0.4 is 9.60 Å². The number of aliphatic hydroxyl groups excluding tert-OH is 1. The van der Waals surface area contributed by atoms with Crippen molar-refractivity contribution in [3.05, 3.63) is 49.0 Å². The minimum Gasteiger partial charge on any atom is -0.392 e. The smallest absolute Gasteiger partial charge is 0.304 e. The highest BCUT2D eigenvalue weighted by Crippen LogP contribution is 2.23. The maximum absolute atomic E-state index is 12.1. The quantitative estimate of drug-likeness (QED) is 0.726. The highest BCUT2D eigenvalue weighted by molar-refractivity contribution is 9.10. The molecule has 0 saturated carbocycles. The molecule has 108 valence electrons. The number of aliphatic hydroxyl groups is 1. The number of sulfonamides is 1. The Morgan fingerprint density at radius 1 is 1.40 bits per heavy atom. The Balaban J connectivity index is 2.20. The SMILES string of the molecule is O=c1[nH]c(CNS(=O)(=O)c2ccc(CO)cc2Br)cs1. The molecule has 1 aromatic carbocycles. The maximum Gasteiger partial charge on any atom is 0.304 e. The Bertz CT molecular complexity index is 767. The van der Waals surface area contributed by atoms with E-state index < -0.39 is 10.0 Å². The number of thiazole rings is 1. The largest absolute Gasteiger partial charge is 0.392 e. The van der Waals surface area contributed by atoms with Crippen molar-refractivity contribution in [3.63, 3.8) is 0 Å². The fraction of sp³-hybridized carbons (Fsp3) is 0.182. The van der Waals surface area contributed by atoms with Gasteiger partial charge in [0.1, 0.15) is 0 Å². The molecule has 0 aliphatic carbocycles. The van der Waals surface area contributed by atoms with Gasteiger partial charge in [-0.25, -0.2) is 13.1 Å². The van der Waals surface area contributed by atoms with Crippen LogP contribution in [0.1, 0.15) is 11.3 Å². The van der Waals surface area contributed by atoms with Gasteiger partial charge in [-0.1, -0.05) is 17.4 Å². The van der Waals surface area contributed by atoms with Gasteiger partial charge in [0.05, 0.1) is 18.0 Å². The molecule has 0 aliphatic heterocycles. The normalized spacial score (nSPS) is 11.7. The molecule has 0 fully saturated rings. The Labute approximate surface area is 127 Å². The molecule has 6 nitrogen and oxygen atoms in total. The van der Waals surface area contributed by atoms with Gasteiger partial charge in [0.25, 0.3) is 0 Å². The van der Waals surface area contributed by atoms with E-state index in [0.717, 1.165) is 11.3 Å². The molecule has 3 N–H and O–H groups in total. The molecule has 20 heavy (non-hydrogen) atoms. The van der Waals surface area contributed by atoms with Crippen LogP contribution in [0.5, 0.6) is 0 Å². The van der Waals surface area contributed by atoms with Crippen LogP contribution in [0.25, 0.3) is 0 Å². The van der Waals surface area contributed by atoms with Crippen LogP contribution in [0.3, 0.4) is 0 Å². The number of rotatable bonds is 5. The van der Waals surface area contributed by atoms with Gasteiger partial charge in [-0.3, -0.25) is 4.79 Å². The number of aromatic amines is 1. The van der Waals surface area contributed by atoms with E-state index in [1.807, 2.05) is 0 Å². The summed E-state index contributed by atoms with van der Waals surface area (Å²) in [4.78, 5) is 13.3. The molecule has 0 amide bonds. The summed E-state index contributed by atoms with van der Waals surface area (Å²) in [5.74, 6) is 0. The molecule has 0 bridgehead atoms. The van der Waals surface area contributed by atoms with Crippen LogP contribution in [0.4, 0.5) is 0 Å². The van der Waals surface area contributed by atoms with Gasteiger partial charge >= 0.3 is 4.87 Å². The third-order valence-electron chi connectivity index (χ3n) is 2.49. The second kappa shape index (κ2) is 6.19. The summed E-state index contributed by atoms with van der Waals surface area (Å²) in [5, 5.41) is 10.6. The average Bonchev–Trinajstić information content (AvgIpc) is 2.82. The van der Waals surface area contributed by atoms with Gasteiger partial charge in [0, 0.05) is 15.5 Å². The molecule has 1 aromatic heterocycles. The van der Waals surface area contributed by atoms with Crippen LogP contribution >= 0.6 is 27.3 Å². The summed E-state index contributed by atoms with van der Waals surface area (Å²) >= 11 is 4.14. The Hall–Kier alpha value is -1.000. The Kier molecular flexibility index (Phi) is 4.76. The fourth-order valence-corrected chi connectivity index (χ4v) is 4.22. The van der Waals surface area contributed by atoms with E-state index >= 15 is 0 Å². The van der Waals surface area contributed by atoms with E-state index in [0.29, 0.717) is 15.7 Å². The van der Waals surface area contributed by atoms with E-state index in [9.17, 15) is 13.2 Å². The zero-order chi connectivity index (χ0) is 14.8. The Morgan fingerprint density at radius 2 is 2.15 bits per heavy atom. The molecule has 0 saturated heterocycles. The molecule has 0 aliphatic rings. The molecule has 2 aromatic rings. The monoisotopic (exact) mass is 378 g/mol. The van der Waals surface area contributed by atoms with Crippen molar-refractivity contribution >= 4 is 37.3 Å². The lowest BCUT2D eigenvalue weighted by Gasteiger charge is -2.08. The standard InChI is InChI=1S/C11H11BrN2O4S2/c12-9-3-7(5-15)1-2-10(9)20(17,18)13-4-8-6-19-11(16)14-8/h1-3,6,13,15H,4-5H2,(H,14,16). The van der Waals surface area contributed by atoms with E-state index in [1.54, 1.807) is 11.4 Å². The zero-order valence-electron chi connectivity index (χ0n) is 10.1. The molecule has 0 spiro atoms. The van der Waals surface area contributed by atoms with Crippen molar-refractivity contribution in [1.29, 1.82) is 0 Å². The lowest BCUT2D eigenvalue weighted by Crippen LogP contribution is -2.24. The predicted molar refractivity (Wildman–Crippen MR) is 79.0 cm³/mol. The van der Waals surface area contributed by atoms with E-state index in [2.05, 4.69) is 25.6 Å². The van der Waals surface area contributed by atoms with Crippen molar-refractivity contribution in [1.82, 2.24) is 9.71 Å². The van der Waals surface area contributed by atoms with E-state index in [1.165, 1.54) is 12.1 Å². The number of hydrogen-bond acceptors (Lipinski definition) is 5. The number of halogens is 1. The topological polar surface area (TPSA) is 99.3 Å². The third-order valence-corrected chi connectivity index (χ3v) is 5.59. The number of nitrogens with one attached hydrogen (secondary N) is 2. The molecule has 1 heterocycles. The maximum atomic E-state index is 12.1. The first kappa shape index (κ1) is 15.4. The van der Waals surface area contributed by atoms with Gasteiger partial charge in [-0.05, 0) is 33.6 Å². The van der Waals surface area contributed by atoms with Crippen molar-refractivity contribution in [2.24, 2.45) is 0 Å². The number of aromatic nitrogens is 1. The number of hydrogen-bond donors (Lipinski definition) is 3. The first-order chi connectivity index (χ1) is 9.42. The van der Waals surface area contributed by atoms with Crippen LogP contribution in [0.2, 0.25) is 0 Å². The molecule has 0 atom stereocenters. The molecule has 0 radical (unpaired) electrons. The molecular weight excluding hydrogens is 368 g/mol. The van der Waals surface area contributed by atoms with Gasteiger partial charge in [-0.2, -0.15) is 0 Å². The van der Waals surface area contributed by atoms with Crippen molar-refractivity contribution in [3.8, 4) is 0 Å². The minimum absolute atomic E-state index is 0.00919. The van der Waals surface area contributed by atoms with E-state index in [4.69, 9.17) is 5.11 Å². The molecule has 0 unspecified atom stereocenters. The minimum atomic E-state index is -3.70. The van der Waals surface area contributed by atoms with Crippen molar-refractivity contribution in [2.45, 2.75) is 18.0 Å². The van der Waals surface area contributed by atoms with Gasteiger partial charge in [0.2, 0.25) is 10.0 Å². The second-order valence-electron chi connectivity index (χ2n) is 3.92. The second-order valence-corrected chi connectivity index (χ2v) is 7.35. The molecular formula is C11H11BrN2O4S2. The summed E-state index contributed by atoms with van der Waals surface area (Å²) in [5.41, 5.74) is 1.12. The summed E-state index contributed by atoms with van der Waals surface area (Å²) in [6.45, 7) is -0.155.